The molecule has 0 spiro atoms. The van der Waals surface area contributed by atoms with Gasteiger partial charge in [0.25, 0.3) is 5.91 Å². The lowest BCUT2D eigenvalue weighted by molar-refractivity contribution is -0.148. The van der Waals surface area contributed by atoms with Crippen LogP contribution in [-0.2, 0) is 9.53 Å². The molecule has 1 aliphatic rings. The number of fused-ring (bicyclic) bond motifs is 1. The number of hydrogen-bond acceptors (Lipinski definition) is 5. The van der Waals surface area contributed by atoms with E-state index in [4.69, 9.17) is 16.3 Å². The van der Waals surface area contributed by atoms with E-state index in [1.807, 2.05) is 23.1 Å². The topological polar surface area (TPSA) is 49.9 Å². The fourth-order valence-electron chi connectivity index (χ4n) is 3.72. The molecule has 1 saturated heterocycles. The molecule has 156 valence electrons. The Labute approximate surface area is 182 Å². The van der Waals surface area contributed by atoms with Crippen LogP contribution in [0, 0.1) is 5.82 Å². The minimum absolute atomic E-state index is 0.114. The summed E-state index contributed by atoms with van der Waals surface area (Å²) in [5.41, 5.74) is 0.797. The zero-order valence-electron chi connectivity index (χ0n) is 16.3. The molecule has 2 aromatic carbocycles. The summed E-state index contributed by atoms with van der Waals surface area (Å²) < 4.78 is 19.7. The predicted molar refractivity (Wildman–Crippen MR) is 115 cm³/mol. The number of halogens is 2. The molecule has 0 N–H and O–H groups in total. The molecule has 0 bridgehead atoms. The molecule has 1 aliphatic heterocycles. The van der Waals surface area contributed by atoms with Gasteiger partial charge in [-0.3, -0.25) is 9.69 Å². The van der Waals surface area contributed by atoms with Crippen molar-refractivity contribution in [3.8, 4) is 0 Å². The molecule has 1 aromatic heterocycles. The van der Waals surface area contributed by atoms with E-state index in [9.17, 15) is 14.0 Å². The van der Waals surface area contributed by atoms with Crippen LogP contribution in [0.15, 0.2) is 48.5 Å². The Kier molecular flexibility index (Phi) is 6.04. The fourth-order valence-corrected chi connectivity index (χ4v) is 4.89. The minimum atomic E-state index is -0.553. The number of piperazine rings is 1. The van der Waals surface area contributed by atoms with Crippen LogP contribution in [0.4, 0.5) is 4.39 Å². The van der Waals surface area contributed by atoms with Gasteiger partial charge in [-0.15, -0.1) is 11.3 Å². The maximum absolute atomic E-state index is 14.0. The van der Waals surface area contributed by atoms with E-state index in [0.717, 1.165) is 10.3 Å². The van der Waals surface area contributed by atoms with Crippen LogP contribution in [0.25, 0.3) is 10.1 Å². The molecule has 8 heteroatoms. The monoisotopic (exact) mass is 446 g/mol. The standard InChI is InChI=1S/C22H20ClFN2O3S/c1-29-22(28)20(14-5-7-15(23)8-6-14)25-9-11-26(12-10-25)21(27)19-13-16-17(24)3-2-4-18(16)30-19/h2-8,13,20H,9-12H2,1H3. The number of carbonyl (C=O) groups excluding carboxylic acids is 2. The van der Waals surface area contributed by atoms with Gasteiger partial charge in [0, 0.05) is 41.3 Å². The molecule has 0 aliphatic carbocycles. The summed E-state index contributed by atoms with van der Waals surface area (Å²) in [4.78, 5) is 29.7. The SMILES string of the molecule is COC(=O)C(c1ccc(Cl)cc1)N1CCN(C(=O)c2cc3c(F)cccc3s2)CC1. The lowest BCUT2D eigenvalue weighted by atomic mass is 10.0. The highest BCUT2D eigenvalue weighted by atomic mass is 35.5. The van der Waals surface area contributed by atoms with E-state index < -0.39 is 6.04 Å². The molecule has 1 unspecified atom stereocenters. The van der Waals surface area contributed by atoms with Gasteiger partial charge < -0.3 is 9.64 Å². The van der Waals surface area contributed by atoms with Crippen molar-refractivity contribution in [1.82, 2.24) is 9.80 Å². The third-order valence-electron chi connectivity index (χ3n) is 5.30. The summed E-state index contributed by atoms with van der Waals surface area (Å²) in [7, 11) is 1.37. The highest BCUT2D eigenvalue weighted by Gasteiger charge is 2.33. The van der Waals surface area contributed by atoms with Crippen LogP contribution in [0.5, 0.6) is 0 Å². The fraction of sp³-hybridized carbons (Fsp3) is 0.273. The zero-order chi connectivity index (χ0) is 21.3. The van der Waals surface area contributed by atoms with Crippen molar-refractivity contribution in [3.63, 3.8) is 0 Å². The van der Waals surface area contributed by atoms with Gasteiger partial charge in [0.2, 0.25) is 0 Å². The molecule has 4 rings (SSSR count). The van der Waals surface area contributed by atoms with Crippen molar-refractivity contribution < 1.29 is 18.7 Å². The summed E-state index contributed by atoms with van der Waals surface area (Å²) in [6.45, 7) is 1.98. The highest BCUT2D eigenvalue weighted by molar-refractivity contribution is 7.20. The van der Waals surface area contributed by atoms with E-state index in [2.05, 4.69) is 0 Å². The Hall–Kier alpha value is -2.48. The van der Waals surface area contributed by atoms with E-state index in [1.54, 1.807) is 29.2 Å². The van der Waals surface area contributed by atoms with E-state index >= 15 is 0 Å². The van der Waals surface area contributed by atoms with Crippen molar-refractivity contribution >= 4 is 44.9 Å². The van der Waals surface area contributed by atoms with Crippen molar-refractivity contribution in [2.45, 2.75) is 6.04 Å². The van der Waals surface area contributed by atoms with Crippen LogP contribution < -0.4 is 0 Å². The van der Waals surface area contributed by atoms with Crippen molar-refractivity contribution in [3.05, 3.63) is 69.8 Å². The summed E-state index contributed by atoms with van der Waals surface area (Å²) in [5.74, 6) is -0.787. The molecule has 3 aromatic rings. The number of methoxy groups -OCH3 is 1. The second kappa shape index (κ2) is 8.71. The number of esters is 1. The number of thiophene rings is 1. The number of carbonyl (C=O) groups is 2. The third-order valence-corrected chi connectivity index (χ3v) is 6.64. The van der Waals surface area contributed by atoms with Gasteiger partial charge in [0.15, 0.2) is 0 Å². The van der Waals surface area contributed by atoms with Crippen molar-refractivity contribution in [2.75, 3.05) is 33.3 Å². The molecule has 2 heterocycles. The van der Waals surface area contributed by atoms with Gasteiger partial charge in [0.05, 0.1) is 12.0 Å². The maximum Gasteiger partial charge on any atom is 0.327 e. The first-order valence-corrected chi connectivity index (χ1v) is 10.7. The third kappa shape index (κ3) is 4.05. The normalized spacial score (nSPS) is 15.9. The largest absolute Gasteiger partial charge is 0.468 e. The van der Waals surface area contributed by atoms with Crippen LogP contribution in [0.1, 0.15) is 21.3 Å². The summed E-state index contributed by atoms with van der Waals surface area (Å²) in [6, 6.07) is 13.0. The molecule has 0 saturated carbocycles. The molecular formula is C22H20ClFN2O3S. The van der Waals surface area contributed by atoms with E-state index in [1.165, 1.54) is 24.5 Å². The Morgan fingerprint density at radius 1 is 1.10 bits per heavy atom. The second-order valence-electron chi connectivity index (χ2n) is 7.07. The van der Waals surface area contributed by atoms with Crippen molar-refractivity contribution in [2.24, 2.45) is 0 Å². The van der Waals surface area contributed by atoms with Gasteiger partial charge >= 0.3 is 5.97 Å². The van der Waals surface area contributed by atoms with Gasteiger partial charge in [0.1, 0.15) is 11.9 Å². The lowest BCUT2D eigenvalue weighted by Gasteiger charge is -2.38. The average Bonchev–Trinajstić information content (AvgIpc) is 3.21. The number of benzene rings is 2. The number of hydrogen-bond donors (Lipinski definition) is 0. The quantitative estimate of drug-likeness (QED) is 0.558. The van der Waals surface area contributed by atoms with Gasteiger partial charge in [-0.05, 0) is 35.9 Å². The minimum Gasteiger partial charge on any atom is -0.468 e. The highest BCUT2D eigenvalue weighted by Crippen LogP contribution is 2.30. The first kappa shape index (κ1) is 20.8. The van der Waals surface area contributed by atoms with Crippen LogP contribution in [0.2, 0.25) is 5.02 Å². The van der Waals surface area contributed by atoms with Crippen LogP contribution in [0.3, 0.4) is 0 Å². The summed E-state index contributed by atoms with van der Waals surface area (Å²) in [6.07, 6.45) is 0. The Balaban J connectivity index is 1.48. The zero-order valence-corrected chi connectivity index (χ0v) is 17.9. The molecular weight excluding hydrogens is 427 g/mol. The maximum atomic E-state index is 14.0. The van der Waals surface area contributed by atoms with E-state index in [-0.39, 0.29) is 17.7 Å². The number of amides is 1. The van der Waals surface area contributed by atoms with Gasteiger partial charge in [-0.1, -0.05) is 29.8 Å². The van der Waals surface area contributed by atoms with Gasteiger partial charge in [-0.25, -0.2) is 9.18 Å². The average molecular weight is 447 g/mol. The number of ether oxygens (including phenoxy) is 1. The second-order valence-corrected chi connectivity index (χ2v) is 8.59. The smallest absolute Gasteiger partial charge is 0.327 e. The van der Waals surface area contributed by atoms with Gasteiger partial charge in [-0.2, -0.15) is 0 Å². The lowest BCUT2D eigenvalue weighted by Crippen LogP contribution is -2.51. The van der Waals surface area contributed by atoms with Crippen LogP contribution >= 0.6 is 22.9 Å². The molecule has 1 amide bonds. The Morgan fingerprint density at radius 2 is 1.80 bits per heavy atom. The molecule has 1 fully saturated rings. The predicted octanol–water partition coefficient (Wildman–Crippen LogP) is 4.37. The summed E-state index contributed by atoms with van der Waals surface area (Å²) in [5, 5.41) is 1.07. The van der Waals surface area contributed by atoms with Crippen molar-refractivity contribution in [1.29, 1.82) is 0 Å². The molecule has 0 radical (unpaired) electrons. The molecule has 5 nitrogen and oxygen atoms in total. The first-order chi connectivity index (χ1) is 14.5. The van der Waals surface area contributed by atoms with Crippen LogP contribution in [-0.4, -0.2) is 55.0 Å². The number of nitrogens with zero attached hydrogens (tertiary/aromatic N) is 2. The first-order valence-electron chi connectivity index (χ1n) is 9.52. The Morgan fingerprint density at radius 3 is 2.43 bits per heavy atom. The molecule has 30 heavy (non-hydrogen) atoms. The molecule has 1 atom stereocenters. The Bertz CT molecular complexity index is 1080. The van der Waals surface area contributed by atoms with E-state index in [0.29, 0.717) is 41.5 Å². The number of rotatable bonds is 4. The summed E-state index contributed by atoms with van der Waals surface area (Å²) >= 11 is 7.27.